The Balaban J connectivity index is 2.42. The Bertz CT molecular complexity index is 765. The van der Waals surface area contributed by atoms with E-state index in [9.17, 15) is 9.36 Å². The number of carbonyl (C=O) groups excluding carboxylic acids is 1. The predicted molar refractivity (Wildman–Crippen MR) is 98.3 cm³/mol. The lowest BCUT2D eigenvalue weighted by Crippen LogP contribution is -2.28. The minimum Gasteiger partial charge on any atom is -0.465 e. The maximum Gasteiger partial charge on any atom is 0.345 e. The van der Waals surface area contributed by atoms with Crippen LogP contribution in [0.2, 0.25) is 5.02 Å². The summed E-state index contributed by atoms with van der Waals surface area (Å²) in [5.74, 6) is -0.593. The quantitative estimate of drug-likeness (QED) is 0.504. The second-order valence-electron chi connectivity index (χ2n) is 5.35. The number of fused-ring (bicyclic) bond motifs is 1. The van der Waals surface area contributed by atoms with Crippen LogP contribution in [0.5, 0.6) is 0 Å². The molecule has 0 bridgehead atoms. The first kappa shape index (κ1) is 20.0. The third-order valence-corrected chi connectivity index (χ3v) is 6.33. The minimum absolute atomic E-state index is 0.163. The molecule has 8 heteroatoms. The van der Waals surface area contributed by atoms with E-state index in [0.29, 0.717) is 5.02 Å². The number of aromatic amines is 1. The zero-order valence-corrected chi connectivity index (χ0v) is 16.2. The second kappa shape index (κ2) is 8.86. The van der Waals surface area contributed by atoms with Gasteiger partial charge in [0.15, 0.2) is 5.66 Å². The van der Waals surface area contributed by atoms with Crippen LogP contribution in [-0.2, 0) is 29.6 Å². The first-order valence-electron chi connectivity index (χ1n) is 8.26. The minimum atomic E-state index is -3.67. The molecule has 1 aromatic heterocycles. The predicted octanol–water partition coefficient (Wildman–Crippen LogP) is 4.56. The van der Waals surface area contributed by atoms with Gasteiger partial charge in [0, 0.05) is 22.1 Å². The fourth-order valence-electron chi connectivity index (χ4n) is 2.67. The van der Waals surface area contributed by atoms with Crippen molar-refractivity contribution in [2.45, 2.75) is 32.9 Å². The fraction of sp³-hybridized carbons (Fsp3) is 0.471. The summed E-state index contributed by atoms with van der Waals surface area (Å²) in [6, 6.07) is 5.43. The number of esters is 1. The standard InChI is InChI=1S/C17H23ClNO5P/c1-4-22-17(20)16(25(21,23-5-2)24-6-3)9-12-11-19-15-8-7-13(18)10-14(12)15/h7-8,10-11,16,19H,4-6,9H2,1-3H3. The van der Waals surface area contributed by atoms with Gasteiger partial charge in [-0.1, -0.05) is 11.6 Å². The highest BCUT2D eigenvalue weighted by molar-refractivity contribution is 7.55. The number of aromatic nitrogens is 1. The van der Waals surface area contributed by atoms with Gasteiger partial charge in [0.1, 0.15) is 0 Å². The van der Waals surface area contributed by atoms with Gasteiger partial charge in [-0.2, -0.15) is 0 Å². The van der Waals surface area contributed by atoms with Crippen LogP contribution >= 0.6 is 19.2 Å². The largest absolute Gasteiger partial charge is 0.465 e. The molecule has 1 unspecified atom stereocenters. The Hall–Kier alpha value is -1.33. The van der Waals surface area contributed by atoms with E-state index in [0.717, 1.165) is 16.5 Å². The summed E-state index contributed by atoms with van der Waals surface area (Å²) in [6.07, 6.45) is 1.94. The van der Waals surface area contributed by atoms with Gasteiger partial charge in [-0.05, 0) is 51.0 Å². The number of ether oxygens (including phenoxy) is 1. The number of hydrogen-bond acceptors (Lipinski definition) is 5. The second-order valence-corrected chi connectivity index (χ2v) is 8.01. The molecule has 25 heavy (non-hydrogen) atoms. The average Bonchev–Trinajstić information content (AvgIpc) is 2.95. The molecule has 0 saturated carbocycles. The van der Waals surface area contributed by atoms with Crippen LogP contribution < -0.4 is 0 Å². The van der Waals surface area contributed by atoms with Crippen LogP contribution in [0, 0.1) is 0 Å². The summed E-state index contributed by atoms with van der Waals surface area (Å²) in [5.41, 5.74) is 0.644. The van der Waals surface area contributed by atoms with E-state index >= 15 is 0 Å². The monoisotopic (exact) mass is 387 g/mol. The third-order valence-electron chi connectivity index (χ3n) is 3.70. The molecule has 0 saturated heterocycles. The van der Waals surface area contributed by atoms with E-state index in [4.69, 9.17) is 25.4 Å². The van der Waals surface area contributed by atoms with Crippen molar-refractivity contribution in [3.05, 3.63) is 35.0 Å². The number of nitrogens with one attached hydrogen (secondary N) is 1. The van der Waals surface area contributed by atoms with E-state index in [1.807, 2.05) is 6.07 Å². The number of benzene rings is 1. The zero-order valence-electron chi connectivity index (χ0n) is 14.6. The van der Waals surface area contributed by atoms with E-state index in [1.165, 1.54) is 0 Å². The molecule has 0 radical (unpaired) electrons. The molecule has 2 rings (SSSR count). The van der Waals surface area contributed by atoms with Gasteiger partial charge in [0.2, 0.25) is 0 Å². The van der Waals surface area contributed by atoms with Crippen LogP contribution in [0.4, 0.5) is 0 Å². The van der Waals surface area contributed by atoms with Gasteiger partial charge in [-0.15, -0.1) is 0 Å². The van der Waals surface area contributed by atoms with Crippen molar-refractivity contribution in [2.75, 3.05) is 19.8 Å². The van der Waals surface area contributed by atoms with E-state index in [2.05, 4.69) is 4.98 Å². The Morgan fingerprint density at radius 1 is 1.20 bits per heavy atom. The maximum absolute atomic E-state index is 13.2. The summed E-state index contributed by atoms with van der Waals surface area (Å²) < 4.78 is 29.1. The van der Waals surface area contributed by atoms with Gasteiger partial charge in [0.05, 0.1) is 19.8 Å². The van der Waals surface area contributed by atoms with Gasteiger partial charge < -0.3 is 18.8 Å². The van der Waals surface area contributed by atoms with Crippen LogP contribution in [-0.4, -0.2) is 36.4 Å². The molecule has 2 aromatic rings. The summed E-state index contributed by atoms with van der Waals surface area (Å²) >= 11 is 6.08. The zero-order chi connectivity index (χ0) is 18.4. The number of carbonyl (C=O) groups is 1. The highest BCUT2D eigenvalue weighted by Gasteiger charge is 2.42. The number of H-pyrrole nitrogens is 1. The van der Waals surface area contributed by atoms with Crippen LogP contribution in [0.3, 0.4) is 0 Å². The lowest BCUT2D eigenvalue weighted by atomic mass is 10.1. The molecule has 138 valence electrons. The molecular weight excluding hydrogens is 365 g/mol. The molecule has 1 N–H and O–H groups in total. The van der Waals surface area contributed by atoms with E-state index in [-0.39, 0.29) is 26.2 Å². The smallest absolute Gasteiger partial charge is 0.345 e. The highest BCUT2D eigenvalue weighted by Crippen LogP contribution is 2.54. The Kier molecular flexibility index (Phi) is 7.08. The van der Waals surface area contributed by atoms with Crippen molar-refractivity contribution in [1.29, 1.82) is 0 Å². The number of rotatable bonds is 9. The van der Waals surface area contributed by atoms with E-state index in [1.54, 1.807) is 39.1 Å². The third kappa shape index (κ3) is 4.64. The van der Waals surface area contributed by atoms with Crippen molar-refractivity contribution < 1.29 is 23.1 Å². The van der Waals surface area contributed by atoms with Gasteiger partial charge in [0.25, 0.3) is 0 Å². The maximum atomic E-state index is 13.2. The normalized spacial score (nSPS) is 13.1. The van der Waals surface area contributed by atoms with Crippen molar-refractivity contribution in [3.8, 4) is 0 Å². The Morgan fingerprint density at radius 3 is 2.48 bits per heavy atom. The number of hydrogen-bond donors (Lipinski definition) is 1. The topological polar surface area (TPSA) is 77.6 Å². The summed E-state index contributed by atoms with van der Waals surface area (Å²) in [7, 11) is -3.67. The van der Waals surface area contributed by atoms with Gasteiger partial charge >= 0.3 is 13.6 Å². The Morgan fingerprint density at radius 2 is 1.88 bits per heavy atom. The molecule has 6 nitrogen and oxygen atoms in total. The fourth-order valence-corrected chi connectivity index (χ4v) is 4.75. The average molecular weight is 388 g/mol. The number of halogens is 1. The molecular formula is C17H23ClNO5P. The first-order chi connectivity index (χ1) is 11.9. The molecule has 1 aromatic carbocycles. The van der Waals surface area contributed by atoms with Crippen molar-refractivity contribution in [2.24, 2.45) is 0 Å². The molecule has 0 spiro atoms. The molecule has 0 aliphatic rings. The molecule has 1 atom stereocenters. The Labute approximate surface area is 152 Å². The highest BCUT2D eigenvalue weighted by atomic mass is 35.5. The van der Waals surface area contributed by atoms with Crippen LogP contribution in [0.25, 0.3) is 10.9 Å². The molecule has 0 amide bonds. The van der Waals surface area contributed by atoms with Crippen molar-refractivity contribution >= 4 is 36.1 Å². The summed E-state index contributed by atoms with van der Waals surface area (Å²) in [4.78, 5) is 15.6. The molecule has 0 aliphatic heterocycles. The first-order valence-corrected chi connectivity index (χ1v) is 10.2. The van der Waals surface area contributed by atoms with Crippen molar-refractivity contribution in [3.63, 3.8) is 0 Å². The SMILES string of the molecule is CCOC(=O)C(Cc1c[nH]c2ccc(Cl)cc12)P(=O)(OCC)OCC. The molecule has 0 aliphatic carbocycles. The van der Waals surface area contributed by atoms with Gasteiger partial charge in [-0.3, -0.25) is 9.36 Å². The molecule has 1 heterocycles. The lowest BCUT2D eigenvalue weighted by Gasteiger charge is -2.24. The van der Waals surface area contributed by atoms with E-state index < -0.39 is 19.2 Å². The van der Waals surface area contributed by atoms with Gasteiger partial charge in [-0.25, -0.2) is 0 Å². The van der Waals surface area contributed by atoms with Crippen LogP contribution in [0.1, 0.15) is 26.3 Å². The van der Waals surface area contributed by atoms with Crippen molar-refractivity contribution in [1.82, 2.24) is 4.98 Å². The lowest BCUT2D eigenvalue weighted by molar-refractivity contribution is -0.143. The summed E-state index contributed by atoms with van der Waals surface area (Å²) in [6.45, 7) is 5.65. The summed E-state index contributed by atoms with van der Waals surface area (Å²) in [5, 5.41) is 1.44. The van der Waals surface area contributed by atoms with Crippen LogP contribution in [0.15, 0.2) is 24.4 Å². The molecule has 0 fully saturated rings.